The van der Waals surface area contributed by atoms with Crippen molar-refractivity contribution >= 4 is 38.2 Å². The van der Waals surface area contributed by atoms with Crippen molar-refractivity contribution < 1.29 is 9.09 Å². The molecule has 0 bridgehead atoms. The third-order valence-electron chi connectivity index (χ3n) is 4.68. The van der Waals surface area contributed by atoms with Gasteiger partial charge in [0.25, 0.3) is 0 Å². The molecule has 0 radical (unpaired) electrons. The normalized spacial score (nSPS) is 11.2. The van der Waals surface area contributed by atoms with Crippen molar-refractivity contribution in [2.45, 2.75) is 122 Å². The van der Waals surface area contributed by atoms with Gasteiger partial charge >= 0.3 is 29.6 Å². The van der Waals surface area contributed by atoms with E-state index in [-0.39, 0.29) is 29.6 Å². The zero-order valence-corrected chi connectivity index (χ0v) is 17.0. The van der Waals surface area contributed by atoms with E-state index in [0.29, 0.717) is 6.61 Å². The van der Waals surface area contributed by atoms with Crippen LogP contribution in [0.25, 0.3) is 0 Å². The Labute approximate surface area is 175 Å². The first kappa shape index (κ1) is 27.4. The summed E-state index contributed by atoms with van der Waals surface area (Å²) in [6, 6.07) is 0. The summed E-state index contributed by atoms with van der Waals surface area (Å²) in [5.74, 6) is 0. The van der Waals surface area contributed by atoms with Gasteiger partial charge in [0.05, 0.1) is 6.61 Å². The van der Waals surface area contributed by atoms with Gasteiger partial charge in [-0.3, -0.25) is 4.57 Å². The van der Waals surface area contributed by atoms with Gasteiger partial charge in [-0.25, -0.2) is 0 Å². The van der Waals surface area contributed by atoms with E-state index in [1.165, 1.54) is 109 Å². The van der Waals surface area contributed by atoms with E-state index in [2.05, 4.69) is 6.92 Å². The Morgan fingerprint density at radius 1 is 0.542 bits per heavy atom. The van der Waals surface area contributed by atoms with Crippen LogP contribution in [0.15, 0.2) is 0 Å². The van der Waals surface area contributed by atoms with Crippen molar-refractivity contribution in [3.63, 3.8) is 0 Å². The topological polar surface area (TPSA) is 26.3 Å². The Bertz CT molecular complexity index is 228. The fourth-order valence-electron chi connectivity index (χ4n) is 3.14. The average Bonchev–Trinajstić information content (AvgIpc) is 2.57. The summed E-state index contributed by atoms with van der Waals surface area (Å²) < 4.78 is 15.1. The summed E-state index contributed by atoms with van der Waals surface area (Å²) in [5.41, 5.74) is 0. The van der Waals surface area contributed by atoms with Gasteiger partial charge in [0.15, 0.2) is 8.69 Å². The van der Waals surface area contributed by atoms with E-state index in [1.54, 1.807) is 0 Å². The molecule has 0 fully saturated rings. The Morgan fingerprint density at radius 3 is 1.12 bits per heavy atom. The first-order valence-electron chi connectivity index (χ1n) is 10.5. The molecule has 0 aromatic rings. The van der Waals surface area contributed by atoms with Gasteiger partial charge in [-0.1, -0.05) is 116 Å². The molecule has 24 heavy (non-hydrogen) atoms. The molecule has 0 heterocycles. The molecule has 142 valence electrons. The SMILES string of the molecule is CCCCCCCCCCCCCCCCCCCCO[PH2]=O.[NaH]. The fraction of sp³-hybridized carbons (Fsp3) is 1.00. The molecular formula is C20H44NaO2P. The van der Waals surface area contributed by atoms with E-state index in [1.807, 2.05) is 0 Å². The summed E-state index contributed by atoms with van der Waals surface area (Å²) in [5, 5.41) is 0. The summed E-state index contributed by atoms with van der Waals surface area (Å²) in [6.07, 6.45) is 25.1. The summed E-state index contributed by atoms with van der Waals surface area (Å²) in [6.45, 7) is 2.98. The molecule has 0 aliphatic heterocycles. The standard InChI is InChI=1S/C20H43O2P.Na.H/c1-2-3-4-5-6-7-8-9-10-11-12-13-14-15-16-17-18-19-20-22-23-21;;/h2-20,23H2,1H3;;. The Balaban J connectivity index is 0. The summed E-state index contributed by atoms with van der Waals surface area (Å²) in [4.78, 5) is 0. The molecule has 0 spiro atoms. The van der Waals surface area contributed by atoms with Crippen LogP contribution in [0.3, 0.4) is 0 Å². The van der Waals surface area contributed by atoms with E-state index >= 15 is 0 Å². The molecule has 1 unspecified atom stereocenters. The number of unbranched alkanes of at least 4 members (excludes halogenated alkanes) is 17. The molecule has 4 heteroatoms. The van der Waals surface area contributed by atoms with Gasteiger partial charge in [0.1, 0.15) is 0 Å². The average molecular weight is 371 g/mol. The number of rotatable bonds is 20. The molecule has 0 saturated carbocycles. The van der Waals surface area contributed by atoms with Gasteiger partial charge in [0, 0.05) is 0 Å². The summed E-state index contributed by atoms with van der Waals surface area (Å²) >= 11 is 0. The first-order chi connectivity index (χ1) is 11.4. The van der Waals surface area contributed by atoms with E-state index in [9.17, 15) is 4.57 Å². The van der Waals surface area contributed by atoms with Crippen molar-refractivity contribution in [3.8, 4) is 0 Å². The number of hydrogen-bond donors (Lipinski definition) is 0. The van der Waals surface area contributed by atoms with Crippen molar-refractivity contribution in [2.75, 3.05) is 6.61 Å². The third-order valence-corrected chi connectivity index (χ3v) is 5.06. The monoisotopic (exact) mass is 370 g/mol. The van der Waals surface area contributed by atoms with Crippen LogP contribution in [0.2, 0.25) is 0 Å². The van der Waals surface area contributed by atoms with Crippen molar-refractivity contribution in [1.82, 2.24) is 0 Å². The molecule has 1 atom stereocenters. The van der Waals surface area contributed by atoms with Crippen LogP contribution in [0.1, 0.15) is 122 Å². The van der Waals surface area contributed by atoms with Crippen LogP contribution in [0, 0.1) is 0 Å². The molecule has 2 nitrogen and oxygen atoms in total. The van der Waals surface area contributed by atoms with Crippen LogP contribution in [-0.2, 0) is 9.09 Å². The van der Waals surface area contributed by atoms with Crippen LogP contribution in [-0.4, -0.2) is 36.2 Å². The summed E-state index contributed by atoms with van der Waals surface area (Å²) in [7, 11) is -0.993. The first-order valence-corrected chi connectivity index (χ1v) is 11.4. The fourth-order valence-corrected chi connectivity index (χ4v) is 3.40. The molecule has 0 saturated heterocycles. The van der Waals surface area contributed by atoms with Crippen LogP contribution in [0.4, 0.5) is 0 Å². The van der Waals surface area contributed by atoms with Gasteiger partial charge in [0.2, 0.25) is 0 Å². The third kappa shape index (κ3) is 25.4. The van der Waals surface area contributed by atoms with E-state index in [0.717, 1.165) is 6.42 Å². The molecular weight excluding hydrogens is 326 g/mol. The Morgan fingerprint density at radius 2 is 0.833 bits per heavy atom. The molecule has 0 amide bonds. The maximum absolute atomic E-state index is 10.2. The van der Waals surface area contributed by atoms with Crippen LogP contribution in [0.5, 0.6) is 0 Å². The van der Waals surface area contributed by atoms with Gasteiger partial charge < -0.3 is 4.52 Å². The minimum atomic E-state index is -0.993. The minimum absolute atomic E-state index is 0. The molecule has 0 aliphatic rings. The number of hydrogen-bond acceptors (Lipinski definition) is 2. The van der Waals surface area contributed by atoms with Gasteiger partial charge in [-0.15, -0.1) is 0 Å². The molecule has 0 N–H and O–H groups in total. The quantitative estimate of drug-likeness (QED) is 0.130. The zero-order valence-electron chi connectivity index (χ0n) is 15.8. The second-order valence-corrected chi connectivity index (χ2v) is 7.50. The van der Waals surface area contributed by atoms with Crippen LogP contribution >= 0.6 is 8.69 Å². The Kier molecular flexibility index (Phi) is 30.2. The Hall–Kier alpha value is 1.19. The van der Waals surface area contributed by atoms with Crippen molar-refractivity contribution in [3.05, 3.63) is 0 Å². The second kappa shape index (κ2) is 26.4. The predicted molar refractivity (Wildman–Crippen MR) is 112 cm³/mol. The van der Waals surface area contributed by atoms with Crippen LogP contribution < -0.4 is 0 Å². The van der Waals surface area contributed by atoms with Crippen molar-refractivity contribution in [1.29, 1.82) is 0 Å². The van der Waals surface area contributed by atoms with Gasteiger partial charge in [-0.2, -0.15) is 0 Å². The second-order valence-electron chi connectivity index (χ2n) is 6.98. The maximum atomic E-state index is 10.2. The predicted octanol–water partition coefficient (Wildman–Crippen LogP) is 7.07. The van der Waals surface area contributed by atoms with E-state index in [4.69, 9.17) is 4.52 Å². The molecule has 0 rings (SSSR count). The molecule has 0 aliphatic carbocycles. The van der Waals surface area contributed by atoms with Crippen molar-refractivity contribution in [2.24, 2.45) is 0 Å². The van der Waals surface area contributed by atoms with Gasteiger partial charge in [-0.05, 0) is 6.42 Å². The molecule has 0 aromatic heterocycles. The van der Waals surface area contributed by atoms with E-state index < -0.39 is 8.69 Å². The molecule has 0 aromatic carbocycles. The zero-order chi connectivity index (χ0) is 16.8.